The first-order chi connectivity index (χ1) is 14.2. The van der Waals surface area contributed by atoms with Crippen LogP contribution in [0.3, 0.4) is 0 Å². The van der Waals surface area contributed by atoms with Gasteiger partial charge in [0.15, 0.2) is 21.5 Å². The van der Waals surface area contributed by atoms with Gasteiger partial charge in [0, 0.05) is 29.2 Å². The zero-order valence-electron chi connectivity index (χ0n) is 15.7. The topological polar surface area (TPSA) is 80.3 Å². The third-order valence-electron chi connectivity index (χ3n) is 5.88. The highest BCUT2D eigenvalue weighted by atomic mass is 35.5. The molecule has 2 bridgehead atoms. The quantitative estimate of drug-likeness (QED) is 0.744. The summed E-state index contributed by atoms with van der Waals surface area (Å²) in [6.45, 7) is 0. The van der Waals surface area contributed by atoms with E-state index in [9.17, 15) is 26.8 Å². The molecule has 2 aromatic carbocycles. The molecule has 1 amide bonds. The molecule has 2 saturated carbocycles. The second-order valence-electron chi connectivity index (χ2n) is 7.74. The molecule has 0 aliphatic heterocycles. The summed E-state index contributed by atoms with van der Waals surface area (Å²) in [5.41, 5.74) is 0.0400. The third kappa shape index (κ3) is 3.74. The summed E-state index contributed by atoms with van der Waals surface area (Å²) in [4.78, 5) is 24.5. The van der Waals surface area contributed by atoms with Gasteiger partial charge in [0.1, 0.15) is 5.78 Å². The minimum absolute atomic E-state index is 0.0105. The van der Waals surface area contributed by atoms with Crippen molar-refractivity contribution >= 4 is 38.8 Å². The van der Waals surface area contributed by atoms with Crippen molar-refractivity contribution in [3.63, 3.8) is 0 Å². The Morgan fingerprint density at radius 2 is 1.67 bits per heavy atom. The van der Waals surface area contributed by atoms with Crippen molar-refractivity contribution in [3.05, 3.63) is 58.6 Å². The average Bonchev–Trinajstić information content (AvgIpc) is 2.91. The molecule has 2 aromatic rings. The molecule has 158 valence electrons. The molecule has 2 unspecified atom stereocenters. The Morgan fingerprint density at radius 1 is 1.00 bits per heavy atom. The maximum absolute atomic E-state index is 13.4. The minimum atomic E-state index is -3.86. The van der Waals surface area contributed by atoms with Gasteiger partial charge in [0.25, 0.3) is 5.91 Å². The van der Waals surface area contributed by atoms with Gasteiger partial charge in [-0.05, 0) is 56.0 Å². The highest BCUT2D eigenvalue weighted by Crippen LogP contribution is 2.43. The number of hydrogen-bond acceptors (Lipinski definition) is 4. The second-order valence-corrected chi connectivity index (χ2v) is 10.3. The second kappa shape index (κ2) is 7.74. The zero-order chi connectivity index (χ0) is 21.6. The Labute approximate surface area is 177 Å². The van der Waals surface area contributed by atoms with E-state index in [1.54, 1.807) is 0 Å². The molecule has 2 fully saturated rings. The number of nitrogens with one attached hydrogen (secondary N) is 1. The molecule has 0 heterocycles. The van der Waals surface area contributed by atoms with E-state index in [0.717, 1.165) is 12.1 Å². The van der Waals surface area contributed by atoms with Crippen LogP contribution < -0.4 is 5.32 Å². The summed E-state index contributed by atoms with van der Waals surface area (Å²) in [5, 5.41) is 1.67. The number of anilines is 1. The number of Topliss-reactive ketones (excluding diaryl/α,β-unsaturated/α-hetero) is 1. The summed E-state index contributed by atoms with van der Waals surface area (Å²) in [6, 6.07) is 6.75. The van der Waals surface area contributed by atoms with Crippen LogP contribution in [0.1, 0.15) is 36.0 Å². The third-order valence-corrected chi connectivity index (χ3v) is 8.53. The Balaban J connectivity index is 1.60. The number of hydrogen-bond donors (Lipinski definition) is 1. The highest BCUT2D eigenvalue weighted by molar-refractivity contribution is 7.92. The first-order valence-electron chi connectivity index (χ1n) is 9.50. The van der Waals surface area contributed by atoms with Gasteiger partial charge in [0.2, 0.25) is 0 Å². The lowest BCUT2D eigenvalue weighted by Gasteiger charge is -2.27. The minimum Gasteiger partial charge on any atom is -0.322 e. The number of benzene rings is 2. The van der Waals surface area contributed by atoms with Crippen LogP contribution in [0.25, 0.3) is 0 Å². The Hall–Kier alpha value is -2.32. The van der Waals surface area contributed by atoms with Gasteiger partial charge >= 0.3 is 0 Å². The Bertz CT molecular complexity index is 1140. The largest absolute Gasteiger partial charge is 0.322 e. The molecule has 1 N–H and O–H groups in total. The molecule has 0 radical (unpaired) electrons. The van der Waals surface area contributed by atoms with Crippen LogP contribution in [0.5, 0.6) is 0 Å². The Kier molecular flexibility index (Phi) is 5.40. The number of amides is 1. The van der Waals surface area contributed by atoms with Crippen LogP contribution in [-0.2, 0) is 14.6 Å². The summed E-state index contributed by atoms with van der Waals surface area (Å²) in [7, 11) is -3.86. The lowest BCUT2D eigenvalue weighted by Crippen LogP contribution is -2.34. The van der Waals surface area contributed by atoms with Gasteiger partial charge in [-0.15, -0.1) is 0 Å². The predicted octanol–water partition coefficient (Wildman–Crippen LogP) is 4.40. The maximum Gasteiger partial charge on any atom is 0.255 e. The molecule has 2 aliphatic rings. The molecule has 3 atom stereocenters. The first kappa shape index (κ1) is 20.9. The van der Waals surface area contributed by atoms with Crippen LogP contribution in [0.15, 0.2) is 41.3 Å². The van der Waals surface area contributed by atoms with Crippen molar-refractivity contribution in [2.24, 2.45) is 11.8 Å². The molecule has 0 saturated heterocycles. The molecule has 30 heavy (non-hydrogen) atoms. The lowest BCUT2D eigenvalue weighted by molar-refractivity contribution is -0.125. The van der Waals surface area contributed by atoms with E-state index in [1.165, 1.54) is 24.3 Å². The molecule has 2 aliphatic carbocycles. The molecular formula is C21H18ClF2NO4S. The summed E-state index contributed by atoms with van der Waals surface area (Å²) >= 11 is 6.15. The molecule has 0 aromatic heterocycles. The van der Waals surface area contributed by atoms with Crippen molar-refractivity contribution in [1.29, 1.82) is 0 Å². The van der Waals surface area contributed by atoms with Crippen LogP contribution in [0.4, 0.5) is 14.5 Å². The summed E-state index contributed by atoms with van der Waals surface area (Å²) < 4.78 is 52.9. The van der Waals surface area contributed by atoms with Crippen molar-refractivity contribution in [3.8, 4) is 0 Å². The van der Waals surface area contributed by atoms with E-state index in [4.69, 9.17) is 11.6 Å². The van der Waals surface area contributed by atoms with Crippen molar-refractivity contribution in [2.45, 2.75) is 35.8 Å². The molecule has 4 rings (SSSR count). The summed E-state index contributed by atoms with van der Waals surface area (Å²) in [6.07, 6.45) is 1.94. The average molecular weight is 454 g/mol. The number of rotatable bonds is 4. The van der Waals surface area contributed by atoms with Crippen molar-refractivity contribution < 1.29 is 26.8 Å². The smallest absolute Gasteiger partial charge is 0.255 e. The Morgan fingerprint density at radius 3 is 2.30 bits per heavy atom. The molecule has 9 heteroatoms. The van der Waals surface area contributed by atoms with Gasteiger partial charge in [-0.1, -0.05) is 11.6 Å². The fraction of sp³-hybridized carbons (Fsp3) is 0.333. The number of halogens is 3. The fourth-order valence-corrected chi connectivity index (χ4v) is 6.69. The fourth-order valence-electron chi connectivity index (χ4n) is 4.29. The standard InChI is InChI=1S/C21H18ClF2NO4S/c22-16-5-3-13(21(27)25-14-4-6-17(23)18(24)10-14)9-19(16)30(28,29)15-7-11-1-2-12(8-15)20(11)26/h3-6,9-12,15H,1-2,7-8H2,(H,25,27)/t11-,12?,15?/m0/s1. The lowest BCUT2D eigenvalue weighted by atomic mass is 9.87. The molecule has 0 spiro atoms. The number of ketones is 1. The molecule has 5 nitrogen and oxygen atoms in total. The predicted molar refractivity (Wildman–Crippen MR) is 107 cm³/mol. The van der Waals surface area contributed by atoms with E-state index >= 15 is 0 Å². The SMILES string of the molecule is O=C(Nc1ccc(F)c(F)c1)c1ccc(Cl)c(S(=O)(=O)C2CC3CC[C@@H](C2)C3=O)c1. The van der Waals surface area contributed by atoms with Gasteiger partial charge in [-0.2, -0.15) is 0 Å². The van der Waals surface area contributed by atoms with E-state index in [-0.39, 0.29) is 51.6 Å². The van der Waals surface area contributed by atoms with Crippen LogP contribution in [0.2, 0.25) is 5.02 Å². The van der Waals surface area contributed by atoms with Crippen LogP contribution in [0, 0.1) is 23.5 Å². The molecular weight excluding hydrogens is 436 g/mol. The van der Waals surface area contributed by atoms with Gasteiger partial charge in [-0.25, -0.2) is 17.2 Å². The highest BCUT2D eigenvalue weighted by Gasteiger charge is 2.46. The number of carbonyl (C=O) groups excluding carboxylic acids is 2. The van der Waals surface area contributed by atoms with Gasteiger partial charge in [0.05, 0.1) is 15.2 Å². The van der Waals surface area contributed by atoms with Gasteiger partial charge < -0.3 is 5.32 Å². The van der Waals surface area contributed by atoms with Gasteiger partial charge in [-0.3, -0.25) is 9.59 Å². The van der Waals surface area contributed by atoms with Crippen molar-refractivity contribution in [1.82, 2.24) is 0 Å². The van der Waals surface area contributed by atoms with Crippen LogP contribution >= 0.6 is 11.6 Å². The monoisotopic (exact) mass is 453 g/mol. The van der Waals surface area contributed by atoms with E-state index in [1.807, 2.05) is 0 Å². The number of sulfone groups is 1. The van der Waals surface area contributed by atoms with Crippen molar-refractivity contribution in [2.75, 3.05) is 5.32 Å². The van der Waals surface area contributed by atoms with E-state index < -0.39 is 32.6 Å². The number of fused-ring (bicyclic) bond motifs is 2. The summed E-state index contributed by atoms with van der Waals surface area (Å²) in [5.74, 6) is -3.18. The zero-order valence-corrected chi connectivity index (χ0v) is 17.3. The van der Waals surface area contributed by atoms with E-state index in [2.05, 4.69) is 5.32 Å². The van der Waals surface area contributed by atoms with E-state index in [0.29, 0.717) is 12.8 Å². The normalized spacial score (nSPS) is 23.4. The number of carbonyl (C=O) groups is 2. The first-order valence-corrected chi connectivity index (χ1v) is 11.4. The maximum atomic E-state index is 13.4. The van der Waals surface area contributed by atoms with Crippen LogP contribution in [-0.4, -0.2) is 25.4 Å².